The molecule has 0 spiro atoms. The molecule has 2 aromatic heterocycles. The van der Waals surface area contributed by atoms with Crippen molar-refractivity contribution >= 4 is 34.7 Å². The van der Waals surface area contributed by atoms with Crippen LogP contribution in [0.15, 0.2) is 36.5 Å². The molecule has 1 unspecified atom stereocenters. The molecule has 4 heterocycles. The van der Waals surface area contributed by atoms with Gasteiger partial charge in [-0.05, 0) is 62.7 Å². The minimum atomic E-state index is -0.123. The lowest BCUT2D eigenvalue weighted by molar-refractivity contribution is 0.189. The number of thiophene rings is 1. The van der Waals surface area contributed by atoms with E-state index in [0.29, 0.717) is 17.3 Å². The molecular weight excluding hydrogens is 416 g/mol. The summed E-state index contributed by atoms with van der Waals surface area (Å²) in [6.07, 6.45) is 3.15. The van der Waals surface area contributed by atoms with Crippen LogP contribution in [0.5, 0.6) is 0 Å². The molecule has 5 nitrogen and oxygen atoms in total. The topological polar surface area (TPSA) is 40.5 Å². The molecule has 2 aliphatic rings. The summed E-state index contributed by atoms with van der Waals surface area (Å²) in [6.45, 7) is 6.71. The highest BCUT2D eigenvalue weighted by Crippen LogP contribution is 2.41. The average Bonchev–Trinajstić information content (AvgIpc) is 3.29. The molecule has 1 atom stereocenters. The first-order valence-corrected chi connectivity index (χ1v) is 11.4. The fourth-order valence-corrected chi connectivity index (χ4v) is 6.21. The molecule has 3 aromatic rings. The van der Waals surface area contributed by atoms with Crippen LogP contribution in [0.4, 0.5) is 10.5 Å². The van der Waals surface area contributed by atoms with E-state index in [1.165, 1.54) is 21.0 Å². The Morgan fingerprint density at radius 3 is 2.87 bits per heavy atom. The number of hydrogen-bond donors (Lipinski definition) is 1. The molecule has 0 aliphatic carbocycles. The summed E-state index contributed by atoms with van der Waals surface area (Å²) in [7, 11) is 2.17. The highest BCUT2D eigenvalue weighted by atomic mass is 35.5. The van der Waals surface area contributed by atoms with E-state index in [9.17, 15) is 4.79 Å². The van der Waals surface area contributed by atoms with Gasteiger partial charge in [0.15, 0.2) is 0 Å². The van der Waals surface area contributed by atoms with Crippen LogP contribution in [0.3, 0.4) is 0 Å². The smallest absolute Gasteiger partial charge is 0.312 e. The van der Waals surface area contributed by atoms with Gasteiger partial charge in [0.05, 0.1) is 23.3 Å². The van der Waals surface area contributed by atoms with E-state index >= 15 is 0 Å². The van der Waals surface area contributed by atoms with Gasteiger partial charge in [-0.2, -0.15) is 0 Å². The van der Waals surface area contributed by atoms with Crippen molar-refractivity contribution < 1.29 is 4.79 Å². The van der Waals surface area contributed by atoms with Gasteiger partial charge in [0, 0.05) is 35.4 Å². The van der Waals surface area contributed by atoms with Crippen LogP contribution in [-0.4, -0.2) is 34.0 Å². The number of anilines is 1. The van der Waals surface area contributed by atoms with Gasteiger partial charge in [-0.1, -0.05) is 17.7 Å². The molecule has 0 saturated heterocycles. The Kier molecular flexibility index (Phi) is 4.88. The van der Waals surface area contributed by atoms with Gasteiger partial charge in [-0.3, -0.25) is 0 Å². The van der Waals surface area contributed by atoms with Crippen LogP contribution in [0.2, 0.25) is 5.02 Å². The molecule has 0 fully saturated rings. The fraction of sp³-hybridized carbons (Fsp3) is 0.348. The van der Waals surface area contributed by atoms with Crippen LogP contribution in [0.25, 0.3) is 5.00 Å². The number of aromatic nitrogens is 1. The molecule has 2 aliphatic heterocycles. The predicted molar refractivity (Wildman–Crippen MR) is 123 cm³/mol. The third-order valence-electron chi connectivity index (χ3n) is 6.19. The summed E-state index contributed by atoms with van der Waals surface area (Å²) in [5.74, 6) is 0. The third kappa shape index (κ3) is 3.23. The molecule has 0 saturated carbocycles. The quantitative estimate of drug-likeness (QED) is 0.535. The second-order valence-corrected chi connectivity index (χ2v) is 9.79. The maximum absolute atomic E-state index is 13.4. The number of benzene rings is 1. The van der Waals surface area contributed by atoms with Gasteiger partial charge >= 0.3 is 6.03 Å². The number of fused-ring (bicyclic) bond motifs is 5. The van der Waals surface area contributed by atoms with Gasteiger partial charge in [0.2, 0.25) is 0 Å². The summed E-state index contributed by atoms with van der Waals surface area (Å²) in [5, 5.41) is 4.86. The summed E-state index contributed by atoms with van der Waals surface area (Å²) in [5.41, 5.74) is 5.56. The molecule has 1 N–H and O–H groups in total. The van der Waals surface area contributed by atoms with Crippen molar-refractivity contribution in [3.05, 3.63) is 68.8 Å². The lowest BCUT2D eigenvalue weighted by atomic mass is 10.0. The van der Waals surface area contributed by atoms with Crippen LogP contribution in [0, 0.1) is 6.92 Å². The first-order chi connectivity index (χ1) is 14.4. The van der Waals surface area contributed by atoms with Crippen LogP contribution >= 0.6 is 22.9 Å². The van der Waals surface area contributed by atoms with E-state index < -0.39 is 0 Å². The molecule has 1 aromatic carbocycles. The first-order valence-electron chi connectivity index (χ1n) is 10.3. The number of hydrogen-bond acceptors (Lipinski definition) is 3. The molecule has 5 rings (SSSR count). The zero-order chi connectivity index (χ0) is 21.0. The number of likely N-dealkylation sites (N-methyl/N-ethyl adjacent to an activating group) is 1. The Labute approximate surface area is 185 Å². The highest BCUT2D eigenvalue weighted by Gasteiger charge is 2.33. The van der Waals surface area contributed by atoms with Gasteiger partial charge in [-0.25, -0.2) is 4.79 Å². The van der Waals surface area contributed by atoms with E-state index in [2.05, 4.69) is 47.1 Å². The number of nitrogens with one attached hydrogen (secondary N) is 1. The van der Waals surface area contributed by atoms with Crippen molar-refractivity contribution in [2.45, 2.75) is 39.4 Å². The fourth-order valence-electron chi connectivity index (χ4n) is 4.48. The van der Waals surface area contributed by atoms with E-state index in [1.54, 1.807) is 0 Å². The van der Waals surface area contributed by atoms with Crippen molar-refractivity contribution in [3.8, 4) is 5.00 Å². The Balaban J connectivity index is 1.54. The maximum atomic E-state index is 13.4. The van der Waals surface area contributed by atoms with Gasteiger partial charge in [0.1, 0.15) is 5.00 Å². The number of urea groups is 1. The zero-order valence-electron chi connectivity index (χ0n) is 17.4. The predicted octanol–water partition coefficient (Wildman–Crippen LogP) is 5.60. The summed E-state index contributed by atoms with van der Waals surface area (Å²) >= 11 is 8.24. The number of aryl methyl sites for hydroxylation is 1. The summed E-state index contributed by atoms with van der Waals surface area (Å²) in [6, 6.07) is 9.71. The maximum Gasteiger partial charge on any atom is 0.322 e. The molecule has 7 heteroatoms. The average molecular weight is 441 g/mol. The lowest BCUT2D eigenvalue weighted by Gasteiger charge is -2.29. The van der Waals surface area contributed by atoms with Crippen molar-refractivity contribution in [2.24, 2.45) is 0 Å². The van der Waals surface area contributed by atoms with E-state index in [4.69, 9.17) is 11.6 Å². The monoisotopic (exact) mass is 440 g/mol. The highest BCUT2D eigenvalue weighted by molar-refractivity contribution is 7.15. The third-order valence-corrected chi connectivity index (χ3v) is 7.76. The van der Waals surface area contributed by atoms with Crippen LogP contribution in [0.1, 0.15) is 40.2 Å². The van der Waals surface area contributed by atoms with Crippen molar-refractivity contribution in [2.75, 3.05) is 18.9 Å². The standard InChI is InChI=1S/C23H25ClN4OS/c1-14-6-7-19(18(24)11-14)25-23(29)28-12-17-16-8-10-26(3)13-21(16)30-22(17)27-9-4-5-20(27)15(28)2/h4-7,9,11,15H,8,10,12-13H2,1-3H3,(H,25,29). The number of nitrogens with zero attached hydrogens (tertiary/aromatic N) is 3. The first kappa shape index (κ1) is 19.7. The minimum Gasteiger partial charge on any atom is -0.312 e. The Bertz CT molecular complexity index is 1130. The number of halogens is 1. The van der Waals surface area contributed by atoms with Gasteiger partial charge in [0.25, 0.3) is 0 Å². The largest absolute Gasteiger partial charge is 0.322 e. The second-order valence-electron chi connectivity index (χ2n) is 8.30. The molecular formula is C23H25ClN4OS. The molecule has 0 bridgehead atoms. The summed E-state index contributed by atoms with van der Waals surface area (Å²) in [4.78, 5) is 19.1. The number of carbonyl (C=O) groups is 1. The Hall–Kier alpha value is -2.28. The number of rotatable bonds is 1. The summed E-state index contributed by atoms with van der Waals surface area (Å²) < 4.78 is 2.27. The number of carbonyl (C=O) groups excluding carboxylic acids is 1. The van der Waals surface area contributed by atoms with Crippen molar-refractivity contribution in [1.29, 1.82) is 0 Å². The van der Waals surface area contributed by atoms with E-state index in [-0.39, 0.29) is 12.1 Å². The van der Waals surface area contributed by atoms with Crippen LogP contribution < -0.4 is 5.32 Å². The number of amides is 2. The van der Waals surface area contributed by atoms with Gasteiger partial charge in [-0.15, -0.1) is 11.3 Å². The Morgan fingerprint density at radius 1 is 1.23 bits per heavy atom. The molecule has 30 heavy (non-hydrogen) atoms. The lowest BCUT2D eigenvalue weighted by Crippen LogP contribution is -2.36. The van der Waals surface area contributed by atoms with Crippen molar-refractivity contribution in [1.82, 2.24) is 14.4 Å². The SMILES string of the molecule is Cc1ccc(NC(=O)N2Cc3c(sc4c3CCN(C)C4)-n3cccc3C2C)c(Cl)c1. The van der Waals surface area contributed by atoms with Crippen molar-refractivity contribution in [3.63, 3.8) is 0 Å². The molecule has 156 valence electrons. The molecule has 2 amide bonds. The normalized spacial score (nSPS) is 18.4. The van der Waals surface area contributed by atoms with Gasteiger partial charge < -0.3 is 19.7 Å². The molecule has 0 radical (unpaired) electrons. The second kappa shape index (κ2) is 7.45. The van der Waals surface area contributed by atoms with E-state index in [1.807, 2.05) is 41.4 Å². The Morgan fingerprint density at radius 2 is 2.07 bits per heavy atom. The zero-order valence-corrected chi connectivity index (χ0v) is 19.0. The van der Waals surface area contributed by atoms with Crippen LogP contribution in [-0.2, 0) is 19.5 Å². The minimum absolute atomic E-state index is 0.0502. The van der Waals surface area contributed by atoms with E-state index in [0.717, 1.165) is 30.8 Å².